The van der Waals surface area contributed by atoms with Crippen LogP contribution < -0.4 is 0 Å². The van der Waals surface area contributed by atoms with Crippen LogP contribution in [0.15, 0.2) is 0 Å². The molecule has 3 fully saturated rings. The van der Waals surface area contributed by atoms with Gasteiger partial charge < -0.3 is 4.74 Å². The molecule has 0 spiro atoms. The molecule has 0 aromatic heterocycles. The van der Waals surface area contributed by atoms with Crippen molar-refractivity contribution in [1.29, 1.82) is 0 Å². The Balaban J connectivity index is 1.37. The molecule has 0 aliphatic heterocycles. The number of hydrogen-bond acceptors (Lipinski definition) is 2. The molecule has 3 aliphatic rings. The fraction of sp³-hybridized carbons (Fsp3) is 0.966. The van der Waals surface area contributed by atoms with Gasteiger partial charge in [-0.1, -0.05) is 53.4 Å². The van der Waals surface area contributed by atoms with Crippen LogP contribution in [0.3, 0.4) is 0 Å². The van der Waals surface area contributed by atoms with Gasteiger partial charge in [0.25, 0.3) is 0 Å². The number of esters is 1. The second kappa shape index (κ2) is 12.6. The second-order valence-corrected chi connectivity index (χ2v) is 11.7. The lowest BCUT2D eigenvalue weighted by atomic mass is 9.63. The summed E-state index contributed by atoms with van der Waals surface area (Å²) < 4.78 is 5.41. The van der Waals surface area contributed by atoms with Crippen molar-refractivity contribution in [3.05, 3.63) is 0 Å². The van der Waals surface area contributed by atoms with Crippen LogP contribution in [0.25, 0.3) is 0 Å². The highest BCUT2D eigenvalue weighted by Gasteiger charge is 2.36. The van der Waals surface area contributed by atoms with E-state index in [-0.39, 0.29) is 11.9 Å². The van der Waals surface area contributed by atoms with Gasteiger partial charge in [0.2, 0.25) is 0 Å². The Morgan fingerprint density at radius 1 is 0.677 bits per heavy atom. The molecule has 3 saturated carbocycles. The minimum absolute atomic E-state index is 0.0752. The van der Waals surface area contributed by atoms with Gasteiger partial charge in [-0.25, -0.2) is 0 Å². The zero-order chi connectivity index (χ0) is 22.2. The topological polar surface area (TPSA) is 26.3 Å². The Kier molecular flexibility index (Phi) is 10.2. The molecule has 2 heteroatoms. The highest BCUT2D eigenvalue weighted by Crippen LogP contribution is 2.46. The van der Waals surface area contributed by atoms with Crippen molar-refractivity contribution >= 4 is 5.97 Å². The number of carbonyl (C=O) groups is 1. The van der Waals surface area contributed by atoms with Gasteiger partial charge in [0.15, 0.2) is 0 Å². The molecule has 0 saturated heterocycles. The maximum atomic E-state index is 12.2. The third kappa shape index (κ3) is 6.97. The summed E-state index contributed by atoms with van der Waals surface area (Å²) in [6.07, 6.45) is 20.3. The van der Waals surface area contributed by atoms with Gasteiger partial charge in [-0.15, -0.1) is 0 Å². The number of ether oxygens (including phenoxy) is 1. The summed E-state index contributed by atoms with van der Waals surface area (Å²) in [7, 11) is 0. The van der Waals surface area contributed by atoms with E-state index in [1.54, 1.807) is 0 Å². The molecule has 0 aromatic carbocycles. The maximum Gasteiger partial charge on any atom is 0.308 e. The van der Waals surface area contributed by atoms with Crippen LogP contribution in [-0.4, -0.2) is 12.6 Å². The van der Waals surface area contributed by atoms with E-state index in [9.17, 15) is 4.79 Å². The lowest BCUT2D eigenvalue weighted by Crippen LogP contribution is -2.33. The fourth-order valence-corrected chi connectivity index (χ4v) is 7.58. The highest BCUT2D eigenvalue weighted by molar-refractivity contribution is 5.72. The van der Waals surface area contributed by atoms with Gasteiger partial charge in [-0.2, -0.15) is 0 Å². The Morgan fingerprint density at radius 2 is 1.10 bits per heavy atom. The zero-order valence-electron chi connectivity index (χ0n) is 21.2. The van der Waals surface area contributed by atoms with Gasteiger partial charge in [0.05, 0.1) is 12.5 Å². The monoisotopic (exact) mass is 432 g/mol. The van der Waals surface area contributed by atoms with E-state index in [0.29, 0.717) is 6.61 Å². The predicted octanol–water partition coefficient (Wildman–Crippen LogP) is 8.43. The predicted molar refractivity (Wildman–Crippen MR) is 131 cm³/mol. The molecular formula is C29H52O2. The molecule has 180 valence electrons. The van der Waals surface area contributed by atoms with Crippen molar-refractivity contribution in [2.24, 2.45) is 47.3 Å². The summed E-state index contributed by atoms with van der Waals surface area (Å²) in [6.45, 7) is 10.1. The molecule has 3 aliphatic carbocycles. The van der Waals surface area contributed by atoms with Gasteiger partial charge in [0, 0.05) is 0 Å². The van der Waals surface area contributed by atoms with Gasteiger partial charge in [-0.05, 0) is 112 Å². The van der Waals surface area contributed by atoms with Crippen LogP contribution >= 0.6 is 0 Å². The summed E-state index contributed by atoms with van der Waals surface area (Å²) in [4.78, 5) is 12.2. The molecule has 2 unspecified atom stereocenters. The van der Waals surface area contributed by atoms with Crippen LogP contribution in [0.1, 0.15) is 124 Å². The molecule has 2 atom stereocenters. The third-order valence-corrected chi connectivity index (χ3v) is 9.93. The van der Waals surface area contributed by atoms with E-state index >= 15 is 0 Å². The van der Waals surface area contributed by atoms with Crippen molar-refractivity contribution in [1.82, 2.24) is 0 Å². The van der Waals surface area contributed by atoms with Gasteiger partial charge in [-0.3, -0.25) is 4.79 Å². The summed E-state index contributed by atoms with van der Waals surface area (Å²) in [5.74, 6) is 6.84. The number of carbonyl (C=O) groups excluding carboxylic acids is 1. The Labute approximate surface area is 193 Å². The average molecular weight is 433 g/mol. The molecule has 0 heterocycles. The molecule has 3 rings (SSSR count). The lowest BCUT2D eigenvalue weighted by Gasteiger charge is -2.42. The van der Waals surface area contributed by atoms with Gasteiger partial charge in [0.1, 0.15) is 0 Å². The summed E-state index contributed by atoms with van der Waals surface area (Å²) in [5, 5.41) is 0. The Morgan fingerprint density at radius 3 is 1.52 bits per heavy atom. The van der Waals surface area contributed by atoms with E-state index in [1.165, 1.54) is 77.0 Å². The van der Waals surface area contributed by atoms with E-state index in [0.717, 1.165) is 60.7 Å². The molecule has 2 nitrogen and oxygen atoms in total. The third-order valence-electron chi connectivity index (χ3n) is 9.93. The average Bonchev–Trinajstić information content (AvgIpc) is 2.82. The van der Waals surface area contributed by atoms with Crippen molar-refractivity contribution < 1.29 is 9.53 Å². The van der Waals surface area contributed by atoms with Crippen LogP contribution in [0.4, 0.5) is 0 Å². The second-order valence-electron chi connectivity index (χ2n) is 11.7. The maximum absolute atomic E-state index is 12.2. The van der Waals surface area contributed by atoms with Crippen molar-refractivity contribution in [3.63, 3.8) is 0 Å². The number of rotatable bonds is 9. The Bertz CT molecular complexity index is 505. The highest BCUT2D eigenvalue weighted by atomic mass is 16.5. The summed E-state index contributed by atoms with van der Waals surface area (Å²) in [5.41, 5.74) is 0. The largest absolute Gasteiger partial charge is 0.465 e. The first kappa shape index (κ1) is 25.1. The quantitative estimate of drug-likeness (QED) is 0.342. The normalized spacial score (nSPS) is 36.5. The van der Waals surface area contributed by atoms with Crippen LogP contribution in [-0.2, 0) is 9.53 Å². The SMILES string of the molecule is CCCOC(=O)[C@H]1CC[C@H](C(C)C2CCC(C(C)C3CCC(CCC)CC3)CC2)CC1. The Hall–Kier alpha value is -0.530. The van der Waals surface area contributed by atoms with Crippen molar-refractivity contribution in [2.45, 2.75) is 124 Å². The molecule has 0 N–H and O–H groups in total. The molecule has 0 amide bonds. The van der Waals surface area contributed by atoms with Gasteiger partial charge >= 0.3 is 5.97 Å². The van der Waals surface area contributed by atoms with Crippen molar-refractivity contribution in [2.75, 3.05) is 6.61 Å². The van der Waals surface area contributed by atoms with Crippen LogP contribution in [0.5, 0.6) is 0 Å². The first-order valence-corrected chi connectivity index (χ1v) is 14.2. The molecule has 0 aromatic rings. The van der Waals surface area contributed by atoms with E-state index in [2.05, 4.69) is 27.7 Å². The minimum atomic E-state index is 0.0752. The molecule has 31 heavy (non-hydrogen) atoms. The molecular weight excluding hydrogens is 380 g/mol. The minimum Gasteiger partial charge on any atom is -0.465 e. The first-order valence-electron chi connectivity index (χ1n) is 14.2. The fourth-order valence-electron chi connectivity index (χ4n) is 7.58. The zero-order valence-corrected chi connectivity index (χ0v) is 21.2. The van der Waals surface area contributed by atoms with Crippen LogP contribution in [0.2, 0.25) is 0 Å². The first-order chi connectivity index (χ1) is 15.0. The summed E-state index contributed by atoms with van der Waals surface area (Å²) in [6, 6.07) is 0. The van der Waals surface area contributed by atoms with E-state index < -0.39 is 0 Å². The van der Waals surface area contributed by atoms with Crippen molar-refractivity contribution in [3.8, 4) is 0 Å². The standard InChI is InChI=1S/C29H52O2/c1-5-7-23-8-10-24(11-9-23)21(3)25-12-14-26(15-13-25)22(4)27-16-18-28(19-17-27)29(30)31-20-6-2/h21-28H,5-20H2,1-4H3/t21?,22?,23?,24?,25?,26?,27-,28-. The van der Waals surface area contributed by atoms with Crippen LogP contribution in [0, 0.1) is 47.3 Å². The molecule has 0 radical (unpaired) electrons. The number of hydrogen-bond donors (Lipinski definition) is 0. The smallest absolute Gasteiger partial charge is 0.308 e. The lowest BCUT2D eigenvalue weighted by molar-refractivity contribution is -0.150. The summed E-state index contributed by atoms with van der Waals surface area (Å²) >= 11 is 0. The van der Waals surface area contributed by atoms with E-state index in [4.69, 9.17) is 4.74 Å². The molecule has 0 bridgehead atoms. The van der Waals surface area contributed by atoms with E-state index in [1.807, 2.05) is 0 Å².